The van der Waals surface area contributed by atoms with Crippen LogP contribution in [0.25, 0.3) is 0 Å². The topological polar surface area (TPSA) is 145 Å². The standard InChI is InChI=1S/C14H25N3O6/c1-5-9(18)13(22)16-8(4)12(21)17-11(7(2)3)14(23)15-6-10(19)20/h7-9,11,18H,5-6H2,1-4H3,(H,15,23)(H,16,22)(H,17,21)(H,19,20)/t8-,9?,11-/m0/s1. The van der Waals surface area contributed by atoms with Crippen molar-refractivity contribution in [2.75, 3.05) is 6.54 Å². The molecule has 0 aliphatic heterocycles. The van der Waals surface area contributed by atoms with Gasteiger partial charge in [-0.2, -0.15) is 0 Å². The molecule has 3 atom stereocenters. The number of hydrogen-bond donors (Lipinski definition) is 5. The molecular weight excluding hydrogens is 306 g/mol. The molecule has 132 valence electrons. The molecule has 23 heavy (non-hydrogen) atoms. The lowest BCUT2D eigenvalue weighted by Crippen LogP contribution is -2.55. The van der Waals surface area contributed by atoms with E-state index in [0.29, 0.717) is 0 Å². The zero-order valence-electron chi connectivity index (χ0n) is 13.8. The lowest BCUT2D eigenvalue weighted by atomic mass is 10.0. The van der Waals surface area contributed by atoms with Gasteiger partial charge in [-0.05, 0) is 19.3 Å². The molecule has 0 aromatic rings. The Kier molecular flexibility index (Phi) is 8.86. The maximum Gasteiger partial charge on any atom is 0.322 e. The van der Waals surface area contributed by atoms with Gasteiger partial charge in [-0.15, -0.1) is 0 Å². The fourth-order valence-corrected chi connectivity index (χ4v) is 1.65. The lowest BCUT2D eigenvalue weighted by Gasteiger charge is -2.24. The molecule has 9 heteroatoms. The number of carboxylic acid groups (broad SMARTS) is 1. The molecule has 1 unspecified atom stereocenters. The Labute approximate surface area is 134 Å². The Balaban J connectivity index is 4.69. The highest BCUT2D eigenvalue weighted by molar-refractivity contribution is 5.93. The number of hydrogen-bond acceptors (Lipinski definition) is 5. The first-order chi connectivity index (χ1) is 10.6. The van der Waals surface area contributed by atoms with Crippen LogP contribution in [0.5, 0.6) is 0 Å². The highest BCUT2D eigenvalue weighted by atomic mass is 16.4. The number of amides is 3. The number of aliphatic carboxylic acids is 1. The van der Waals surface area contributed by atoms with Crippen LogP contribution >= 0.6 is 0 Å². The van der Waals surface area contributed by atoms with E-state index in [-0.39, 0.29) is 12.3 Å². The van der Waals surface area contributed by atoms with Crippen LogP contribution in [-0.2, 0) is 19.2 Å². The number of aliphatic hydroxyl groups is 1. The minimum atomic E-state index is -1.20. The Morgan fingerprint density at radius 3 is 1.96 bits per heavy atom. The van der Waals surface area contributed by atoms with E-state index in [9.17, 15) is 24.3 Å². The third-order valence-electron chi connectivity index (χ3n) is 3.10. The number of nitrogens with one attached hydrogen (secondary N) is 3. The summed E-state index contributed by atoms with van der Waals surface area (Å²) < 4.78 is 0. The first-order valence-corrected chi connectivity index (χ1v) is 7.38. The molecule has 0 rings (SSSR count). The minimum Gasteiger partial charge on any atom is -0.480 e. The van der Waals surface area contributed by atoms with Crippen LogP contribution in [0.3, 0.4) is 0 Å². The summed E-state index contributed by atoms with van der Waals surface area (Å²) in [4.78, 5) is 46.0. The molecular formula is C14H25N3O6. The second kappa shape index (κ2) is 9.78. The van der Waals surface area contributed by atoms with Gasteiger partial charge in [-0.1, -0.05) is 20.8 Å². The summed E-state index contributed by atoms with van der Waals surface area (Å²) in [6.45, 7) is 5.87. The van der Waals surface area contributed by atoms with Crippen molar-refractivity contribution in [3.63, 3.8) is 0 Å². The summed E-state index contributed by atoms with van der Waals surface area (Å²) >= 11 is 0. The summed E-state index contributed by atoms with van der Waals surface area (Å²) in [6, 6.07) is -1.88. The highest BCUT2D eigenvalue weighted by Crippen LogP contribution is 2.03. The van der Waals surface area contributed by atoms with Gasteiger partial charge in [0.15, 0.2) is 0 Å². The molecule has 0 saturated carbocycles. The van der Waals surface area contributed by atoms with E-state index in [2.05, 4.69) is 16.0 Å². The summed E-state index contributed by atoms with van der Waals surface area (Å²) in [7, 11) is 0. The Morgan fingerprint density at radius 2 is 1.52 bits per heavy atom. The van der Waals surface area contributed by atoms with Crippen LogP contribution in [0.2, 0.25) is 0 Å². The zero-order valence-corrected chi connectivity index (χ0v) is 13.8. The van der Waals surface area contributed by atoms with Crippen molar-refractivity contribution in [3.05, 3.63) is 0 Å². The molecule has 0 aliphatic carbocycles. The summed E-state index contributed by atoms with van der Waals surface area (Å²) in [5.41, 5.74) is 0. The number of rotatable bonds is 9. The SMILES string of the molecule is CCC(O)C(=O)N[C@@H](C)C(=O)N[C@H](C(=O)NCC(=O)O)C(C)C. The third-order valence-corrected chi connectivity index (χ3v) is 3.10. The average Bonchev–Trinajstić information content (AvgIpc) is 2.48. The van der Waals surface area contributed by atoms with Crippen molar-refractivity contribution in [1.82, 2.24) is 16.0 Å². The van der Waals surface area contributed by atoms with Gasteiger partial charge in [-0.25, -0.2) is 0 Å². The van der Waals surface area contributed by atoms with Crippen LogP contribution in [0.4, 0.5) is 0 Å². The van der Waals surface area contributed by atoms with E-state index in [4.69, 9.17) is 5.11 Å². The maximum absolute atomic E-state index is 12.0. The van der Waals surface area contributed by atoms with E-state index >= 15 is 0 Å². The van der Waals surface area contributed by atoms with Gasteiger partial charge >= 0.3 is 5.97 Å². The Morgan fingerprint density at radius 1 is 0.957 bits per heavy atom. The van der Waals surface area contributed by atoms with E-state index < -0.39 is 48.4 Å². The molecule has 0 fully saturated rings. The molecule has 9 nitrogen and oxygen atoms in total. The van der Waals surface area contributed by atoms with Gasteiger partial charge in [0.2, 0.25) is 17.7 Å². The van der Waals surface area contributed by atoms with Gasteiger partial charge in [0.1, 0.15) is 24.7 Å². The van der Waals surface area contributed by atoms with E-state index in [1.807, 2.05) is 0 Å². The number of carboxylic acids is 1. The largest absolute Gasteiger partial charge is 0.480 e. The van der Waals surface area contributed by atoms with E-state index in [0.717, 1.165) is 0 Å². The van der Waals surface area contributed by atoms with Crippen molar-refractivity contribution >= 4 is 23.7 Å². The Bertz CT molecular complexity index is 452. The van der Waals surface area contributed by atoms with Crippen molar-refractivity contribution < 1.29 is 29.4 Å². The summed E-state index contributed by atoms with van der Waals surface area (Å²) in [6.07, 6.45) is -0.989. The molecule has 5 N–H and O–H groups in total. The predicted molar refractivity (Wildman–Crippen MR) is 81.3 cm³/mol. The zero-order chi connectivity index (χ0) is 18.2. The van der Waals surface area contributed by atoms with E-state index in [1.165, 1.54) is 6.92 Å². The fourth-order valence-electron chi connectivity index (χ4n) is 1.65. The smallest absolute Gasteiger partial charge is 0.322 e. The number of carbonyl (C=O) groups excluding carboxylic acids is 3. The normalized spacial score (nSPS) is 14.5. The molecule has 0 aromatic carbocycles. The molecule has 0 heterocycles. The fraction of sp³-hybridized carbons (Fsp3) is 0.714. The summed E-state index contributed by atoms with van der Waals surface area (Å²) in [5.74, 6) is -3.38. The maximum atomic E-state index is 12.0. The van der Waals surface area contributed by atoms with Crippen molar-refractivity contribution in [3.8, 4) is 0 Å². The molecule has 0 spiro atoms. The van der Waals surface area contributed by atoms with Crippen LogP contribution in [-0.4, -0.2) is 58.6 Å². The number of aliphatic hydroxyl groups excluding tert-OH is 1. The molecule has 0 bridgehead atoms. The third kappa shape index (κ3) is 7.59. The second-order valence-electron chi connectivity index (χ2n) is 5.50. The lowest BCUT2D eigenvalue weighted by molar-refractivity contribution is -0.139. The first kappa shape index (κ1) is 20.8. The van der Waals surface area contributed by atoms with Crippen molar-refractivity contribution in [2.24, 2.45) is 5.92 Å². The van der Waals surface area contributed by atoms with Gasteiger partial charge in [0.05, 0.1) is 0 Å². The van der Waals surface area contributed by atoms with Gasteiger partial charge < -0.3 is 26.2 Å². The van der Waals surface area contributed by atoms with Gasteiger partial charge in [0.25, 0.3) is 0 Å². The van der Waals surface area contributed by atoms with Gasteiger partial charge in [0, 0.05) is 0 Å². The minimum absolute atomic E-state index is 0.215. The van der Waals surface area contributed by atoms with Crippen LogP contribution in [0.15, 0.2) is 0 Å². The average molecular weight is 331 g/mol. The number of carbonyl (C=O) groups is 4. The van der Waals surface area contributed by atoms with Crippen molar-refractivity contribution in [1.29, 1.82) is 0 Å². The molecule has 0 aliphatic rings. The monoisotopic (exact) mass is 331 g/mol. The summed E-state index contributed by atoms with van der Waals surface area (Å²) in [5, 5.41) is 24.9. The van der Waals surface area contributed by atoms with Crippen LogP contribution in [0, 0.1) is 5.92 Å². The van der Waals surface area contributed by atoms with E-state index in [1.54, 1.807) is 20.8 Å². The van der Waals surface area contributed by atoms with Gasteiger partial charge in [-0.3, -0.25) is 19.2 Å². The second-order valence-corrected chi connectivity index (χ2v) is 5.50. The first-order valence-electron chi connectivity index (χ1n) is 7.38. The Hall–Kier alpha value is -2.16. The molecule has 0 saturated heterocycles. The predicted octanol–water partition coefficient (Wildman–Crippen LogP) is -1.40. The quantitative estimate of drug-likeness (QED) is 0.351. The van der Waals surface area contributed by atoms with Crippen molar-refractivity contribution in [2.45, 2.75) is 52.3 Å². The molecule has 0 radical (unpaired) electrons. The van der Waals surface area contributed by atoms with Crippen LogP contribution < -0.4 is 16.0 Å². The molecule has 3 amide bonds. The highest BCUT2D eigenvalue weighted by Gasteiger charge is 2.27. The van der Waals surface area contributed by atoms with Crippen LogP contribution in [0.1, 0.15) is 34.1 Å². The molecule has 0 aromatic heterocycles.